The second-order valence-corrected chi connectivity index (χ2v) is 4.55. The minimum absolute atomic E-state index is 0.240. The van der Waals surface area contributed by atoms with Crippen molar-refractivity contribution in [2.24, 2.45) is 11.8 Å². The number of hydrogen-bond acceptors (Lipinski definition) is 3. The first-order valence-corrected chi connectivity index (χ1v) is 5.92. The lowest BCUT2D eigenvalue weighted by Gasteiger charge is -2.34. The molecule has 0 bridgehead atoms. The standard InChI is InChI=1S/C12H22O3/c1-4-5-6-11-7-9(2)8-14-12(11)15-10(3)13/h9,11-12H,4-8H2,1-3H3. The van der Waals surface area contributed by atoms with Gasteiger partial charge in [-0.15, -0.1) is 0 Å². The van der Waals surface area contributed by atoms with E-state index in [9.17, 15) is 4.79 Å². The number of esters is 1. The van der Waals surface area contributed by atoms with E-state index in [1.54, 1.807) is 0 Å². The molecule has 1 rings (SSSR count). The molecule has 0 aromatic heterocycles. The third-order valence-electron chi connectivity index (χ3n) is 2.85. The molecule has 0 aromatic carbocycles. The van der Waals surface area contributed by atoms with Crippen LogP contribution in [0.2, 0.25) is 0 Å². The van der Waals surface area contributed by atoms with Crippen LogP contribution in [-0.2, 0) is 14.3 Å². The van der Waals surface area contributed by atoms with E-state index >= 15 is 0 Å². The van der Waals surface area contributed by atoms with E-state index in [2.05, 4.69) is 13.8 Å². The molecule has 0 N–H and O–H groups in total. The minimum atomic E-state index is -0.301. The van der Waals surface area contributed by atoms with E-state index in [1.165, 1.54) is 19.8 Å². The van der Waals surface area contributed by atoms with Crippen LogP contribution >= 0.6 is 0 Å². The lowest BCUT2D eigenvalue weighted by atomic mass is 9.89. The summed E-state index contributed by atoms with van der Waals surface area (Å²) in [6.45, 7) is 6.51. The van der Waals surface area contributed by atoms with Gasteiger partial charge in [-0.1, -0.05) is 26.7 Å². The van der Waals surface area contributed by atoms with Crippen molar-refractivity contribution in [3.8, 4) is 0 Å². The average Bonchev–Trinajstić information content (AvgIpc) is 2.18. The normalized spacial score (nSPS) is 31.3. The second-order valence-electron chi connectivity index (χ2n) is 4.55. The monoisotopic (exact) mass is 214 g/mol. The third kappa shape index (κ3) is 4.20. The van der Waals surface area contributed by atoms with Crippen molar-refractivity contribution >= 4 is 5.97 Å². The first-order chi connectivity index (χ1) is 7.13. The molecule has 1 aliphatic rings. The fourth-order valence-corrected chi connectivity index (χ4v) is 2.11. The van der Waals surface area contributed by atoms with E-state index in [1.807, 2.05) is 0 Å². The van der Waals surface area contributed by atoms with Crippen molar-refractivity contribution in [1.82, 2.24) is 0 Å². The van der Waals surface area contributed by atoms with Gasteiger partial charge in [0, 0.05) is 12.8 Å². The number of carbonyl (C=O) groups excluding carboxylic acids is 1. The predicted molar refractivity (Wildman–Crippen MR) is 58.3 cm³/mol. The predicted octanol–water partition coefficient (Wildman–Crippen LogP) is 2.74. The van der Waals surface area contributed by atoms with Crippen molar-refractivity contribution < 1.29 is 14.3 Å². The van der Waals surface area contributed by atoms with Crippen LogP contribution < -0.4 is 0 Å². The van der Waals surface area contributed by atoms with Crippen LogP contribution in [-0.4, -0.2) is 18.9 Å². The summed E-state index contributed by atoms with van der Waals surface area (Å²) in [6, 6.07) is 0. The van der Waals surface area contributed by atoms with Gasteiger partial charge in [0.15, 0.2) is 0 Å². The van der Waals surface area contributed by atoms with E-state index in [-0.39, 0.29) is 12.3 Å². The van der Waals surface area contributed by atoms with E-state index in [0.717, 1.165) is 12.8 Å². The van der Waals surface area contributed by atoms with Crippen molar-refractivity contribution in [1.29, 1.82) is 0 Å². The molecule has 1 saturated heterocycles. The number of unbranched alkanes of at least 4 members (excludes halogenated alkanes) is 1. The molecule has 1 aliphatic heterocycles. The number of hydrogen-bond donors (Lipinski definition) is 0. The minimum Gasteiger partial charge on any atom is -0.436 e. The number of carbonyl (C=O) groups is 1. The molecule has 1 heterocycles. The van der Waals surface area contributed by atoms with Crippen LogP contribution in [0.15, 0.2) is 0 Å². The van der Waals surface area contributed by atoms with Gasteiger partial charge >= 0.3 is 5.97 Å². The Morgan fingerprint density at radius 2 is 2.27 bits per heavy atom. The first kappa shape index (κ1) is 12.5. The van der Waals surface area contributed by atoms with Crippen LogP contribution in [0.4, 0.5) is 0 Å². The van der Waals surface area contributed by atoms with Crippen LogP contribution in [0.3, 0.4) is 0 Å². The van der Waals surface area contributed by atoms with Gasteiger partial charge in [0.1, 0.15) is 0 Å². The summed E-state index contributed by atoms with van der Waals surface area (Å²) >= 11 is 0. The smallest absolute Gasteiger partial charge is 0.304 e. The molecule has 0 spiro atoms. The van der Waals surface area contributed by atoms with Crippen LogP contribution in [0, 0.1) is 11.8 Å². The largest absolute Gasteiger partial charge is 0.436 e. The zero-order valence-electron chi connectivity index (χ0n) is 9.99. The Hall–Kier alpha value is -0.570. The Kier molecular flexibility index (Phi) is 5.09. The van der Waals surface area contributed by atoms with Crippen LogP contribution in [0.5, 0.6) is 0 Å². The topological polar surface area (TPSA) is 35.5 Å². The molecule has 15 heavy (non-hydrogen) atoms. The van der Waals surface area contributed by atoms with Gasteiger partial charge in [-0.25, -0.2) is 0 Å². The maximum atomic E-state index is 10.9. The summed E-state index contributed by atoms with van der Waals surface area (Å²) in [7, 11) is 0. The maximum Gasteiger partial charge on any atom is 0.304 e. The van der Waals surface area contributed by atoms with Crippen molar-refractivity contribution in [2.75, 3.05) is 6.61 Å². The highest BCUT2D eigenvalue weighted by molar-refractivity contribution is 5.66. The average molecular weight is 214 g/mol. The molecule has 0 saturated carbocycles. The molecule has 0 aromatic rings. The van der Waals surface area contributed by atoms with E-state index < -0.39 is 0 Å². The van der Waals surface area contributed by atoms with Gasteiger partial charge in [0.25, 0.3) is 0 Å². The van der Waals surface area contributed by atoms with Gasteiger partial charge < -0.3 is 9.47 Å². The maximum absolute atomic E-state index is 10.9. The van der Waals surface area contributed by atoms with Gasteiger partial charge in [-0.05, 0) is 18.8 Å². The summed E-state index contributed by atoms with van der Waals surface area (Å²) in [6.07, 6.45) is 4.26. The van der Waals surface area contributed by atoms with Gasteiger partial charge in [-0.2, -0.15) is 0 Å². The summed E-state index contributed by atoms with van der Waals surface area (Å²) in [5.41, 5.74) is 0. The first-order valence-electron chi connectivity index (χ1n) is 5.92. The summed E-state index contributed by atoms with van der Waals surface area (Å²) in [4.78, 5) is 10.9. The van der Waals surface area contributed by atoms with Crippen LogP contribution in [0.25, 0.3) is 0 Å². The molecule has 3 atom stereocenters. The summed E-state index contributed by atoms with van der Waals surface area (Å²) in [5.74, 6) is 0.729. The summed E-state index contributed by atoms with van der Waals surface area (Å²) < 4.78 is 10.8. The highest BCUT2D eigenvalue weighted by Crippen LogP contribution is 2.29. The fourth-order valence-electron chi connectivity index (χ4n) is 2.11. The molecule has 3 nitrogen and oxygen atoms in total. The van der Waals surface area contributed by atoms with E-state index in [4.69, 9.17) is 9.47 Å². The SMILES string of the molecule is CCCCC1CC(C)COC1OC(C)=O. The molecule has 1 fully saturated rings. The Morgan fingerprint density at radius 3 is 2.87 bits per heavy atom. The quantitative estimate of drug-likeness (QED) is 0.675. The molecular weight excluding hydrogens is 192 g/mol. The van der Waals surface area contributed by atoms with E-state index in [0.29, 0.717) is 18.4 Å². The highest BCUT2D eigenvalue weighted by atomic mass is 16.7. The molecule has 0 radical (unpaired) electrons. The van der Waals surface area contributed by atoms with Crippen molar-refractivity contribution in [2.45, 2.75) is 52.7 Å². The second kappa shape index (κ2) is 6.11. The molecule has 3 heteroatoms. The third-order valence-corrected chi connectivity index (χ3v) is 2.85. The molecule has 88 valence electrons. The fraction of sp³-hybridized carbons (Fsp3) is 0.917. The van der Waals surface area contributed by atoms with Crippen molar-refractivity contribution in [3.63, 3.8) is 0 Å². The molecule has 0 aliphatic carbocycles. The van der Waals surface area contributed by atoms with Crippen LogP contribution in [0.1, 0.15) is 46.5 Å². The Bertz CT molecular complexity index is 203. The lowest BCUT2D eigenvalue weighted by molar-refractivity contribution is -0.208. The van der Waals surface area contributed by atoms with Crippen molar-refractivity contribution in [3.05, 3.63) is 0 Å². The summed E-state index contributed by atoms with van der Waals surface area (Å²) in [5, 5.41) is 0. The number of ether oxygens (including phenoxy) is 2. The molecule has 0 amide bonds. The zero-order chi connectivity index (χ0) is 11.3. The Morgan fingerprint density at radius 1 is 1.53 bits per heavy atom. The molecule has 3 unspecified atom stereocenters. The Labute approximate surface area is 92.1 Å². The lowest BCUT2D eigenvalue weighted by Crippen LogP contribution is -2.36. The van der Waals surface area contributed by atoms with Gasteiger partial charge in [0.2, 0.25) is 6.29 Å². The highest BCUT2D eigenvalue weighted by Gasteiger charge is 2.31. The Balaban J connectivity index is 2.45. The molecular formula is C12H22O3. The zero-order valence-corrected chi connectivity index (χ0v) is 9.99. The van der Waals surface area contributed by atoms with Gasteiger partial charge in [0.05, 0.1) is 6.61 Å². The van der Waals surface area contributed by atoms with Gasteiger partial charge in [-0.3, -0.25) is 4.79 Å². The number of rotatable bonds is 4.